The fourth-order valence-corrected chi connectivity index (χ4v) is 1.16. The highest BCUT2D eigenvalue weighted by molar-refractivity contribution is 4.52. The predicted molar refractivity (Wildman–Crippen MR) is 54.1 cm³/mol. The standard InChI is InChI=1S/C11H23O/c1-4-7-8-9-12-10-11(5-2)6-3/h11H,1,4-10H2,2-3H3. The molecule has 1 heteroatoms. The lowest BCUT2D eigenvalue weighted by molar-refractivity contribution is 0.0937. The molecule has 0 spiro atoms. The lowest BCUT2D eigenvalue weighted by Crippen LogP contribution is -2.08. The third kappa shape index (κ3) is 6.66. The average Bonchev–Trinajstić information content (AvgIpc) is 2.11. The van der Waals surface area contributed by atoms with Gasteiger partial charge in [-0.15, -0.1) is 0 Å². The van der Waals surface area contributed by atoms with Crippen molar-refractivity contribution in [2.75, 3.05) is 13.2 Å². The molecule has 0 unspecified atom stereocenters. The molecule has 0 saturated heterocycles. The summed E-state index contributed by atoms with van der Waals surface area (Å²) in [6.45, 7) is 10.1. The van der Waals surface area contributed by atoms with E-state index in [-0.39, 0.29) is 0 Å². The van der Waals surface area contributed by atoms with Crippen molar-refractivity contribution in [2.45, 2.75) is 46.0 Å². The van der Waals surface area contributed by atoms with E-state index >= 15 is 0 Å². The molecule has 12 heavy (non-hydrogen) atoms. The van der Waals surface area contributed by atoms with Gasteiger partial charge in [0.1, 0.15) is 0 Å². The van der Waals surface area contributed by atoms with Crippen LogP contribution in [0, 0.1) is 12.8 Å². The molecular weight excluding hydrogens is 148 g/mol. The van der Waals surface area contributed by atoms with Gasteiger partial charge in [0, 0.05) is 13.2 Å². The second-order valence-corrected chi connectivity index (χ2v) is 3.32. The van der Waals surface area contributed by atoms with Crippen LogP contribution in [0.2, 0.25) is 0 Å². The van der Waals surface area contributed by atoms with Crippen LogP contribution in [0.25, 0.3) is 0 Å². The highest BCUT2D eigenvalue weighted by Gasteiger charge is 2.01. The van der Waals surface area contributed by atoms with Crippen molar-refractivity contribution in [1.29, 1.82) is 0 Å². The van der Waals surface area contributed by atoms with E-state index in [2.05, 4.69) is 20.8 Å². The molecule has 0 aliphatic rings. The van der Waals surface area contributed by atoms with Crippen LogP contribution in [-0.2, 0) is 4.74 Å². The van der Waals surface area contributed by atoms with Crippen LogP contribution >= 0.6 is 0 Å². The van der Waals surface area contributed by atoms with Gasteiger partial charge in [0.25, 0.3) is 0 Å². The molecule has 0 aromatic rings. The van der Waals surface area contributed by atoms with E-state index in [0.29, 0.717) is 0 Å². The zero-order chi connectivity index (χ0) is 9.23. The van der Waals surface area contributed by atoms with Crippen molar-refractivity contribution in [3.05, 3.63) is 6.92 Å². The van der Waals surface area contributed by atoms with Gasteiger partial charge in [-0.2, -0.15) is 0 Å². The van der Waals surface area contributed by atoms with Crippen molar-refractivity contribution in [2.24, 2.45) is 5.92 Å². The van der Waals surface area contributed by atoms with Crippen LogP contribution in [-0.4, -0.2) is 13.2 Å². The average molecular weight is 171 g/mol. The zero-order valence-corrected chi connectivity index (χ0v) is 8.64. The largest absolute Gasteiger partial charge is 0.381 e. The normalized spacial score (nSPS) is 11.0. The molecule has 0 aromatic carbocycles. The highest BCUT2D eigenvalue weighted by Crippen LogP contribution is 2.07. The van der Waals surface area contributed by atoms with Crippen LogP contribution in [0.15, 0.2) is 0 Å². The maximum Gasteiger partial charge on any atom is 0.0494 e. The lowest BCUT2D eigenvalue weighted by atomic mass is 10.1. The predicted octanol–water partition coefficient (Wildman–Crippen LogP) is 3.44. The van der Waals surface area contributed by atoms with E-state index in [9.17, 15) is 0 Å². The van der Waals surface area contributed by atoms with Crippen LogP contribution in [0.5, 0.6) is 0 Å². The van der Waals surface area contributed by atoms with Crippen LogP contribution in [0.3, 0.4) is 0 Å². The van der Waals surface area contributed by atoms with E-state index in [4.69, 9.17) is 4.74 Å². The third-order valence-corrected chi connectivity index (χ3v) is 2.30. The van der Waals surface area contributed by atoms with Gasteiger partial charge in [-0.05, 0) is 12.3 Å². The van der Waals surface area contributed by atoms with Gasteiger partial charge in [-0.1, -0.05) is 46.5 Å². The number of hydrogen-bond acceptors (Lipinski definition) is 1. The van der Waals surface area contributed by atoms with E-state index < -0.39 is 0 Å². The van der Waals surface area contributed by atoms with Gasteiger partial charge < -0.3 is 4.74 Å². The Morgan fingerprint density at radius 3 is 2.33 bits per heavy atom. The molecule has 1 nitrogen and oxygen atoms in total. The summed E-state index contributed by atoms with van der Waals surface area (Å²) in [4.78, 5) is 0. The van der Waals surface area contributed by atoms with Crippen molar-refractivity contribution >= 4 is 0 Å². The monoisotopic (exact) mass is 171 g/mol. The first-order valence-electron chi connectivity index (χ1n) is 5.22. The summed E-state index contributed by atoms with van der Waals surface area (Å²) >= 11 is 0. The van der Waals surface area contributed by atoms with E-state index in [1.54, 1.807) is 0 Å². The minimum absolute atomic E-state index is 0.768. The van der Waals surface area contributed by atoms with E-state index in [1.165, 1.54) is 25.7 Å². The maximum absolute atomic E-state index is 5.55. The molecule has 0 atom stereocenters. The van der Waals surface area contributed by atoms with Gasteiger partial charge in [-0.3, -0.25) is 0 Å². The summed E-state index contributed by atoms with van der Waals surface area (Å²) in [5.74, 6) is 0.768. The Labute approximate surface area is 77.5 Å². The topological polar surface area (TPSA) is 9.23 Å². The second kappa shape index (κ2) is 9.05. The van der Waals surface area contributed by atoms with E-state index in [0.717, 1.165) is 25.6 Å². The first-order valence-corrected chi connectivity index (χ1v) is 5.22. The molecule has 0 bridgehead atoms. The van der Waals surface area contributed by atoms with Gasteiger partial charge >= 0.3 is 0 Å². The smallest absolute Gasteiger partial charge is 0.0494 e. The fourth-order valence-electron chi connectivity index (χ4n) is 1.16. The summed E-state index contributed by atoms with van der Waals surface area (Å²) in [6, 6.07) is 0. The Balaban J connectivity index is 3.06. The second-order valence-electron chi connectivity index (χ2n) is 3.32. The molecule has 0 N–H and O–H groups in total. The Morgan fingerprint density at radius 1 is 1.17 bits per heavy atom. The van der Waals surface area contributed by atoms with Crippen molar-refractivity contribution in [3.63, 3.8) is 0 Å². The molecule has 0 aromatic heterocycles. The molecule has 0 heterocycles. The Morgan fingerprint density at radius 2 is 1.83 bits per heavy atom. The Hall–Kier alpha value is -0.0400. The first-order chi connectivity index (χ1) is 5.85. The van der Waals surface area contributed by atoms with Crippen LogP contribution < -0.4 is 0 Å². The molecule has 0 saturated carbocycles. The summed E-state index contributed by atoms with van der Waals surface area (Å²) in [6.07, 6.45) is 5.89. The molecule has 0 amide bonds. The molecule has 1 radical (unpaired) electrons. The molecule has 0 aliphatic carbocycles. The van der Waals surface area contributed by atoms with Gasteiger partial charge in [0.2, 0.25) is 0 Å². The molecule has 73 valence electrons. The van der Waals surface area contributed by atoms with Crippen molar-refractivity contribution in [3.8, 4) is 0 Å². The number of rotatable bonds is 8. The molecule has 0 rings (SSSR count). The highest BCUT2D eigenvalue weighted by atomic mass is 16.5. The zero-order valence-electron chi connectivity index (χ0n) is 8.64. The number of hydrogen-bond donors (Lipinski definition) is 0. The van der Waals surface area contributed by atoms with Gasteiger partial charge in [-0.25, -0.2) is 0 Å². The van der Waals surface area contributed by atoms with Crippen molar-refractivity contribution in [1.82, 2.24) is 0 Å². The Kier molecular flexibility index (Phi) is 9.02. The summed E-state index contributed by atoms with van der Waals surface area (Å²) in [5, 5.41) is 0. The molecule has 0 fully saturated rings. The SMILES string of the molecule is [CH2]CCCCOCC(CC)CC. The minimum atomic E-state index is 0.768. The van der Waals surface area contributed by atoms with Gasteiger partial charge in [0.05, 0.1) is 0 Å². The summed E-state index contributed by atoms with van der Waals surface area (Å²) < 4.78 is 5.55. The fraction of sp³-hybridized carbons (Fsp3) is 0.909. The van der Waals surface area contributed by atoms with Crippen LogP contribution in [0.1, 0.15) is 46.0 Å². The number of unbranched alkanes of at least 4 members (excludes halogenated alkanes) is 2. The lowest BCUT2D eigenvalue weighted by Gasteiger charge is -2.12. The number of ether oxygens (including phenoxy) is 1. The molecule has 0 aliphatic heterocycles. The third-order valence-electron chi connectivity index (χ3n) is 2.30. The maximum atomic E-state index is 5.55. The summed E-state index contributed by atoms with van der Waals surface area (Å²) in [5.41, 5.74) is 0. The van der Waals surface area contributed by atoms with Crippen molar-refractivity contribution < 1.29 is 4.74 Å². The Bertz CT molecular complexity index is 77.1. The van der Waals surface area contributed by atoms with Gasteiger partial charge in [0.15, 0.2) is 0 Å². The quantitative estimate of drug-likeness (QED) is 0.508. The van der Waals surface area contributed by atoms with E-state index in [1.807, 2.05) is 0 Å². The first kappa shape index (κ1) is 12.0. The van der Waals surface area contributed by atoms with Crippen LogP contribution in [0.4, 0.5) is 0 Å². The minimum Gasteiger partial charge on any atom is -0.381 e. The summed E-state index contributed by atoms with van der Waals surface area (Å²) in [7, 11) is 0. The molecular formula is C11H23O.